The zero-order valence-corrected chi connectivity index (χ0v) is 14.3. The Bertz CT molecular complexity index is 538. The molecule has 0 spiro atoms. The summed E-state index contributed by atoms with van der Waals surface area (Å²) in [6.07, 6.45) is -0.791. The zero-order valence-electron chi connectivity index (χ0n) is 9.00. The molecule has 0 aliphatic carbocycles. The van der Waals surface area contributed by atoms with Gasteiger partial charge in [0.15, 0.2) is 0 Å². The minimum absolute atomic E-state index is 0.502. The summed E-state index contributed by atoms with van der Waals surface area (Å²) in [4.78, 5) is 0. The summed E-state index contributed by atoms with van der Waals surface area (Å²) in [5.74, 6) is 0. The van der Waals surface area contributed by atoms with E-state index in [9.17, 15) is 5.11 Å². The van der Waals surface area contributed by atoms with Crippen LogP contribution in [0.25, 0.3) is 0 Å². The number of aliphatic hydroxyl groups is 1. The first-order valence-corrected chi connectivity index (χ1v) is 7.70. The van der Waals surface area contributed by atoms with Gasteiger partial charge in [0.05, 0.1) is 0 Å². The van der Waals surface area contributed by atoms with Crippen LogP contribution in [0.2, 0.25) is 10.0 Å². The van der Waals surface area contributed by atoms with Gasteiger partial charge in [0.25, 0.3) is 0 Å². The lowest BCUT2D eigenvalue weighted by atomic mass is 10.0. The van der Waals surface area contributed by atoms with Crippen molar-refractivity contribution in [1.82, 2.24) is 0 Å². The second-order valence-corrected chi connectivity index (χ2v) is 6.66. The van der Waals surface area contributed by atoms with Crippen LogP contribution in [0.5, 0.6) is 0 Å². The van der Waals surface area contributed by atoms with Crippen molar-refractivity contribution in [2.24, 2.45) is 0 Å². The van der Waals surface area contributed by atoms with Crippen LogP contribution >= 0.6 is 61.7 Å². The summed E-state index contributed by atoms with van der Waals surface area (Å²) < 4.78 is 1.88. The first kappa shape index (κ1) is 14.6. The van der Waals surface area contributed by atoms with Gasteiger partial charge in [-0.2, -0.15) is 0 Å². The Kier molecular flexibility index (Phi) is 4.94. The number of aliphatic hydroxyl groups excluding tert-OH is 1. The fourth-order valence-electron chi connectivity index (χ4n) is 1.62. The molecule has 0 saturated heterocycles. The Morgan fingerprint density at radius 3 is 2.50 bits per heavy atom. The lowest BCUT2D eigenvalue weighted by Gasteiger charge is -2.15. The molecule has 0 aromatic heterocycles. The Labute approximate surface area is 137 Å². The maximum Gasteiger partial charge on any atom is 0.107 e. The van der Waals surface area contributed by atoms with Crippen molar-refractivity contribution in [3.05, 3.63) is 65.6 Å². The molecular weight excluding hydrogens is 450 g/mol. The summed E-state index contributed by atoms with van der Waals surface area (Å²) >= 11 is 17.6. The van der Waals surface area contributed by atoms with Gasteiger partial charge in [-0.1, -0.05) is 39.1 Å². The molecule has 1 unspecified atom stereocenters. The van der Waals surface area contributed by atoms with E-state index in [1.54, 1.807) is 18.2 Å². The number of halogens is 4. The molecule has 94 valence electrons. The van der Waals surface area contributed by atoms with Crippen LogP contribution < -0.4 is 0 Å². The molecule has 0 aliphatic rings. The Morgan fingerprint density at radius 1 is 1.06 bits per heavy atom. The van der Waals surface area contributed by atoms with E-state index in [1.165, 1.54) is 0 Å². The third-order valence-corrected chi connectivity index (χ3v) is 4.56. The van der Waals surface area contributed by atoms with E-state index in [1.807, 2.05) is 18.2 Å². The Morgan fingerprint density at radius 2 is 1.78 bits per heavy atom. The van der Waals surface area contributed by atoms with Gasteiger partial charge in [-0.3, -0.25) is 0 Å². The Balaban J connectivity index is 2.50. The van der Waals surface area contributed by atoms with Gasteiger partial charge in [0, 0.05) is 23.7 Å². The molecule has 1 N–H and O–H groups in total. The molecule has 2 aromatic rings. The molecule has 2 aromatic carbocycles. The van der Waals surface area contributed by atoms with Crippen molar-refractivity contribution in [3.8, 4) is 0 Å². The molecule has 18 heavy (non-hydrogen) atoms. The van der Waals surface area contributed by atoms with Crippen LogP contribution in [0.15, 0.2) is 40.9 Å². The average molecular weight is 458 g/mol. The molecule has 0 heterocycles. The second-order valence-electron chi connectivity index (χ2n) is 3.73. The van der Waals surface area contributed by atoms with E-state index in [0.717, 1.165) is 13.6 Å². The lowest BCUT2D eigenvalue weighted by molar-refractivity contribution is 0.219. The quantitative estimate of drug-likeness (QED) is 0.595. The van der Waals surface area contributed by atoms with Gasteiger partial charge in [-0.25, -0.2) is 0 Å². The first-order chi connectivity index (χ1) is 8.49. The summed E-state index contributed by atoms with van der Waals surface area (Å²) in [5, 5.41) is 11.5. The van der Waals surface area contributed by atoms with Crippen LogP contribution in [-0.2, 0) is 0 Å². The smallest absolute Gasteiger partial charge is 0.107 e. The lowest BCUT2D eigenvalue weighted by Crippen LogP contribution is -2.03. The van der Waals surface area contributed by atoms with Crippen molar-refractivity contribution < 1.29 is 5.11 Å². The third kappa shape index (κ3) is 3.20. The van der Waals surface area contributed by atoms with Crippen molar-refractivity contribution in [3.63, 3.8) is 0 Å². The minimum Gasteiger partial charge on any atom is -0.384 e. The molecule has 1 atom stereocenters. The van der Waals surface area contributed by atoms with Crippen LogP contribution in [-0.4, -0.2) is 5.11 Å². The first-order valence-electron chi connectivity index (χ1n) is 5.07. The zero-order chi connectivity index (χ0) is 13.3. The predicted molar refractivity (Wildman–Crippen MR) is 87.4 cm³/mol. The molecule has 1 nitrogen and oxygen atoms in total. The van der Waals surface area contributed by atoms with Gasteiger partial charge in [0.1, 0.15) is 6.10 Å². The van der Waals surface area contributed by atoms with Crippen LogP contribution in [0.4, 0.5) is 0 Å². The minimum atomic E-state index is -0.791. The molecule has 0 bridgehead atoms. The summed E-state index contributed by atoms with van der Waals surface area (Å²) in [6.45, 7) is 0. The van der Waals surface area contributed by atoms with Crippen molar-refractivity contribution in [2.75, 3.05) is 0 Å². The fraction of sp³-hybridized carbons (Fsp3) is 0.0769. The van der Waals surface area contributed by atoms with Gasteiger partial charge in [-0.05, 0) is 64.6 Å². The third-order valence-electron chi connectivity index (χ3n) is 2.51. The molecule has 0 amide bonds. The standard InChI is InChI=1S/C13H8BrCl2IO/c14-7-1-4-12(17)10(5-7)13(18)9-6-8(15)2-3-11(9)16/h1-6,13,18H. The number of hydrogen-bond donors (Lipinski definition) is 1. The van der Waals surface area contributed by atoms with Gasteiger partial charge >= 0.3 is 0 Å². The molecular formula is C13H8BrCl2IO. The topological polar surface area (TPSA) is 20.2 Å². The van der Waals surface area contributed by atoms with E-state index in [2.05, 4.69) is 38.5 Å². The molecule has 0 aliphatic heterocycles. The summed E-state index contributed by atoms with van der Waals surface area (Å²) in [7, 11) is 0. The number of benzene rings is 2. The maximum atomic E-state index is 10.4. The van der Waals surface area contributed by atoms with E-state index in [0.29, 0.717) is 15.6 Å². The van der Waals surface area contributed by atoms with Crippen LogP contribution in [0, 0.1) is 3.57 Å². The number of rotatable bonds is 2. The van der Waals surface area contributed by atoms with E-state index >= 15 is 0 Å². The molecule has 0 radical (unpaired) electrons. The SMILES string of the molecule is OC(c1cc(Cl)ccc1Cl)c1cc(Br)ccc1I. The highest BCUT2D eigenvalue weighted by Crippen LogP contribution is 2.33. The highest BCUT2D eigenvalue weighted by atomic mass is 127. The molecule has 2 rings (SSSR count). The molecule has 0 fully saturated rings. The van der Waals surface area contributed by atoms with E-state index < -0.39 is 6.10 Å². The molecule has 0 saturated carbocycles. The highest BCUT2D eigenvalue weighted by Gasteiger charge is 2.17. The van der Waals surface area contributed by atoms with Gasteiger partial charge < -0.3 is 5.11 Å². The van der Waals surface area contributed by atoms with Crippen molar-refractivity contribution in [1.29, 1.82) is 0 Å². The maximum absolute atomic E-state index is 10.4. The van der Waals surface area contributed by atoms with Gasteiger partial charge in [0.2, 0.25) is 0 Å². The highest BCUT2D eigenvalue weighted by molar-refractivity contribution is 14.1. The average Bonchev–Trinajstić information content (AvgIpc) is 2.34. The van der Waals surface area contributed by atoms with E-state index in [4.69, 9.17) is 23.2 Å². The monoisotopic (exact) mass is 456 g/mol. The van der Waals surface area contributed by atoms with Gasteiger partial charge in [-0.15, -0.1) is 0 Å². The van der Waals surface area contributed by atoms with Crippen LogP contribution in [0.3, 0.4) is 0 Å². The second kappa shape index (κ2) is 6.09. The molecule has 5 heteroatoms. The largest absolute Gasteiger partial charge is 0.384 e. The van der Waals surface area contributed by atoms with Crippen LogP contribution in [0.1, 0.15) is 17.2 Å². The van der Waals surface area contributed by atoms with Crippen molar-refractivity contribution in [2.45, 2.75) is 6.10 Å². The summed E-state index contributed by atoms with van der Waals surface area (Å²) in [6, 6.07) is 10.8. The van der Waals surface area contributed by atoms with Crippen molar-refractivity contribution >= 4 is 61.7 Å². The summed E-state index contributed by atoms with van der Waals surface area (Å²) in [5.41, 5.74) is 1.41. The van der Waals surface area contributed by atoms with E-state index in [-0.39, 0.29) is 0 Å². The normalized spacial score (nSPS) is 12.5. The predicted octanol–water partition coefficient (Wildman–Crippen LogP) is 5.44. The fourth-order valence-corrected chi connectivity index (χ4v) is 3.03. The Hall–Kier alpha value is 0.190. The number of hydrogen-bond acceptors (Lipinski definition) is 1.